The number of aromatic nitrogens is 4. The number of morpholine rings is 1. The van der Waals surface area contributed by atoms with Crippen LogP contribution in [0.2, 0.25) is 0 Å². The zero-order chi connectivity index (χ0) is 21.8. The highest BCUT2D eigenvalue weighted by atomic mass is 32.2. The highest BCUT2D eigenvalue weighted by Gasteiger charge is 2.24. The highest BCUT2D eigenvalue weighted by Crippen LogP contribution is 2.34. The molecule has 2 fully saturated rings. The van der Waals surface area contributed by atoms with E-state index in [-0.39, 0.29) is 6.61 Å². The van der Waals surface area contributed by atoms with Crippen LogP contribution in [0.5, 0.6) is 0 Å². The van der Waals surface area contributed by atoms with Crippen molar-refractivity contribution >= 4 is 34.6 Å². The number of aliphatic hydroxyl groups is 1. The Labute approximate surface area is 191 Å². The molecule has 5 rings (SSSR count). The number of rotatable bonds is 6. The van der Waals surface area contributed by atoms with Gasteiger partial charge >= 0.3 is 0 Å². The van der Waals surface area contributed by atoms with Gasteiger partial charge in [0.05, 0.1) is 19.8 Å². The molecule has 10 heteroatoms. The van der Waals surface area contributed by atoms with Crippen molar-refractivity contribution < 1.29 is 9.84 Å². The van der Waals surface area contributed by atoms with Crippen LogP contribution in [0.25, 0.3) is 11.0 Å². The van der Waals surface area contributed by atoms with Crippen LogP contribution in [-0.2, 0) is 4.74 Å². The SMILES string of the molecule is OCCN1CCN(c2nc(N3CCOCC3)c3ncnc(Sc4ccccc4)c3n2)CC1. The van der Waals surface area contributed by atoms with Gasteiger partial charge < -0.3 is 19.6 Å². The maximum Gasteiger partial charge on any atom is 0.228 e. The zero-order valence-corrected chi connectivity index (χ0v) is 18.7. The van der Waals surface area contributed by atoms with Gasteiger partial charge in [0.2, 0.25) is 5.95 Å². The van der Waals surface area contributed by atoms with E-state index in [9.17, 15) is 5.11 Å². The van der Waals surface area contributed by atoms with Crippen molar-refractivity contribution in [2.45, 2.75) is 9.92 Å². The largest absolute Gasteiger partial charge is 0.395 e. The lowest BCUT2D eigenvalue weighted by Gasteiger charge is -2.35. The standard InChI is InChI=1S/C22H27N7O2S/c30-13-10-27-6-8-29(9-7-27)22-25-19-18(20(26-22)28-11-14-31-15-12-28)23-16-24-21(19)32-17-4-2-1-3-5-17/h1-5,16,30H,6-15H2. The maximum atomic E-state index is 9.24. The van der Waals surface area contributed by atoms with Gasteiger partial charge in [-0.3, -0.25) is 4.90 Å². The van der Waals surface area contributed by atoms with E-state index in [0.717, 1.165) is 66.0 Å². The molecular weight excluding hydrogens is 426 g/mol. The normalized spacial score (nSPS) is 17.8. The Balaban J connectivity index is 1.54. The molecule has 168 valence electrons. The number of anilines is 2. The van der Waals surface area contributed by atoms with E-state index in [0.29, 0.717) is 25.7 Å². The molecule has 2 aliphatic heterocycles. The van der Waals surface area contributed by atoms with Crippen LogP contribution >= 0.6 is 11.8 Å². The van der Waals surface area contributed by atoms with Gasteiger partial charge in [0.15, 0.2) is 5.82 Å². The van der Waals surface area contributed by atoms with Gasteiger partial charge in [0.1, 0.15) is 22.4 Å². The number of nitrogens with zero attached hydrogens (tertiary/aromatic N) is 7. The summed E-state index contributed by atoms with van der Waals surface area (Å²) in [5, 5.41) is 10.1. The minimum absolute atomic E-state index is 0.186. The zero-order valence-electron chi connectivity index (χ0n) is 17.9. The van der Waals surface area contributed by atoms with Crippen LogP contribution in [0, 0.1) is 0 Å². The summed E-state index contributed by atoms with van der Waals surface area (Å²) in [5.41, 5.74) is 1.56. The Bertz CT molecular complexity index is 1040. The molecule has 0 amide bonds. The fourth-order valence-electron chi connectivity index (χ4n) is 4.02. The van der Waals surface area contributed by atoms with Gasteiger partial charge in [-0.2, -0.15) is 4.98 Å². The molecule has 0 aliphatic carbocycles. The van der Waals surface area contributed by atoms with Crippen LogP contribution in [0.15, 0.2) is 46.6 Å². The summed E-state index contributed by atoms with van der Waals surface area (Å²) in [6, 6.07) is 10.2. The van der Waals surface area contributed by atoms with Crippen LogP contribution in [0.3, 0.4) is 0 Å². The fourth-order valence-corrected chi connectivity index (χ4v) is 4.88. The number of hydrogen-bond acceptors (Lipinski definition) is 10. The number of piperazine rings is 1. The van der Waals surface area contributed by atoms with E-state index in [4.69, 9.17) is 14.7 Å². The molecule has 2 saturated heterocycles. The third kappa shape index (κ3) is 4.63. The second-order valence-corrected chi connectivity index (χ2v) is 8.85. The smallest absolute Gasteiger partial charge is 0.228 e. The van der Waals surface area contributed by atoms with E-state index in [1.807, 2.05) is 18.2 Å². The lowest BCUT2D eigenvalue weighted by atomic mass is 10.3. The minimum atomic E-state index is 0.186. The summed E-state index contributed by atoms with van der Waals surface area (Å²) in [5.74, 6) is 1.57. The molecule has 2 aromatic heterocycles. The monoisotopic (exact) mass is 453 g/mol. The number of ether oxygens (including phenoxy) is 1. The second kappa shape index (κ2) is 9.95. The van der Waals surface area contributed by atoms with E-state index in [1.54, 1.807) is 18.1 Å². The van der Waals surface area contributed by atoms with Gasteiger partial charge in [0.25, 0.3) is 0 Å². The molecular formula is C22H27N7O2S. The van der Waals surface area contributed by atoms with E-state index < -0.39 is 0 Å². The summed E-state index contributed by atoms with van der Waals surface area (Å²) in [7, 11) is 0. The quantitative estimate of drug-likeness (QED) is 0.554. The molecule has 0 atom stereocenters. The van der Waals surface area contributed by atoms with Gasteiger partial charge in [-0.05, 0) is 12.1 Å². The van der Waals surface area contributed by atoms with Crippen molar-refractivity contribution in [3.05, 3.63) is 36.7 Å². The van der Waals surface area contributed by atoms with Crippen molar-refractivity contribution in [1.82, 2.24) is 24.8 Å². The lowest BCUT2D eigenvalue weighted by molar-refractivity contribution is 0.122. The topological polar surface area (TPSA) is 90.7 Å². The molecule has 0 radical (unpaired) electrons. The number of β-amino-alcohol motifs (C(OH)–C–C–N with tert-alkyl or cyclic N) is 1. The van der Waals surface area contributed by atoms with Gasteiger partial charge in [-0.1, -0.05) is 30.0 Å². The predicted molar refractivity (Wildman–Crippen MR) is 124 cm³/mol. The highest BCUT2D eigenvalue weighted by molar-refractivity contribution is 7.99. The maximum absolute atomic E-state index is 9.24. The van der Waals surface area contributed by atoms with Crippen molar-refractivity contribution in [2.24, 2.45) is 0 Å². The first kappa shape index (κ1) is 21.3. The Morgan fingerprint density at radius 2 is 1.66 bits per heavy atom. The second-order valence-electron chi connectivity index (χ2n) is 7.79. The molecule has 32 heavy (non-hydrogen) atoms. The first-order valence-corrected chi connectivity index (χ1v) is 11.8. The first-order valence-electron chi connectivity index (χ1n) is 11.0. The Kier molecular flexibility index (Phi) is 6.63. The molecule has 2 aliphatic rings. The molecule has 0 bridgehead atoms. The minimum Gasteiger partial charge on any atom is -0.395 e. The lowest BCUT2D eigenvalue weighted by Crippen LogP contribution is -2.48. The average molecular weight is 454 g/mol. The third-order valence-corrected chi connectivity index (χ3v) is 6.76. The average Bonchev–Trinajstić information content (AvgIpc) is 2.85. The van der Waals surface area contributed by atoms with Crippen molar-refractivity contribution in [3.63, 3.8) is 0 Å². The molecule has 0 saturated carbocycles. The number of aliphatic hydroxyl groups excluding tert-OH is 1. The molecule has 9 nitrogen and oxygen atoms in total. The number of benzene rings is 1. The molecule has 4 heterocycles. The predicted octanol–water partition coefficient (Wildman–Crippen LogP) is 1.52. The first-order chi connectivity index (χ1) is 15.8. The Hall–Kier alpha value is -2.53. The third-order valence-electron chi connectivity index (χ3n) is 5.76. The van der Waals surface area contributed by atoms with Crippen molar-refractivity contribution in [2.75, 3.05) is 75.4 Å². The molecule has 1 N–H and O–H groups in total. The van der Waals surface area contributed by atoms with Crippen LogP contribution in [-0.4, -0.2) is 95.6 Å². The summed E-state index contributed by atoms with van der Waals surface area (Å²) >= 11 is 1.60. The van der Waals surface area contributed by atoms with Crippen molar-refractivity contribution in [3.8, 4) is 0 Å². The van der Waals surface area contributed by atoms with E-state index in [1.165, 1.54) is 0 Å². The number of fused-ring (bicyclic) bond motifs is 1. The Morgan fingerprint density at radius 1 is 0.875 bits per heavy atom. The molecule has 3 aromatic rings. The van der Waals surface area contributed by atoms with Crippen LogP contribution in [0.1, 0.15) is 0 Å². The van der Waals surface area contributed by atoms with Crippen LogP contribution in [0.4, 0.5) is 11.8 Å². The van der Waals surface area contributed by atoms with E-state index >= 15 is 0 Å². The van der Waals surface area contributed by atoms with Gasteiger partial charge in [-0.25, -0.2) is 15.0 Å². The van der Waals surface area contributed by atoms with Crippen molar-refractivity contribution in [1.29, 1.82) is 0 Å². The fraction of sp³-hybridized carbons (Fsp3) is 0.455. The van der Waals surface area contributed by atoms with Gasteiger partial charge in [-0.15, -0.1) is 0 Å². The van der Waals surface area contributed by atoms with Crippen LogP contribution < -0.4 is 9.80 Å². The van der Waals surface area contributed by atoms with Gasteiger partial charge in [0, 0.05) is 50.7 Å². The summed E-state index contributed by atoms with van der Waals surface area (Å²) in [4.78, 5) is 27.0. The summed E-state index contributed by atoms with van der Waals surface area (Å²) in [6.07, 6.45) is 1.61. The molecule has 0 spiro atoms. The number of hydrogen-bond donors (Lipinski definition) is 1. The summed E-state index contributed by atoms with van der Waals surface area (Å²) in [6.45, 7) is 7.21. The Morgan fingerprint density at radius 3 is 2.41 bits per heavy atom. The molecule has 0 unspecified atom stereocenters. The summed E-state index contributed by atoms with van der Waals surface area (Å²) < 4.78 is 5.56. The van der Waals surface area contributed by atoms with E-state index in [2.05, 4.69) is 36.8 Å². The molecule has 1 aromatic carbocycles.